The van der Waals surface area contributed by atoms with Crippen molar-refractivity contribution in [3.8, 4) is 5.75 Å². The van der Waals surface area contributed by atoms with Crippen LogP contribution >= 0.6 is 34.8 Å². The number of rotatable bonds is 4. The molecule has 102 valence electrons. The fourth-order valence-corrected chi connectivity index (χ4v) is 2.74. The molecule has 0 fully saturated rings. The second-order valence-electron chi connectivity index (χ2n) is 4.07. The van der Waals surface area contributed by atoms with Crippen molar-refractivity contribution >= 4 is 34.8 Å². The molecule has 0 aliphatic carbocycles. The lowest BCUT2D eigenvalue weighted by atomic mass is 10.1. The predicted molar refractivity (Wildman–Crippen MR) is 78.8 cm³/mol. The first-order chi connectivity index (χ1) is 9.04. The van der Waals surface area contributed by atoms with Gasteiger partial charge in [-0.1, -0.05) is 23.2 Å². The first-order valence-corrected chi connectivity index (χ1v) is 7.03. The molecule has 0 radical (unpaired) electrons. The van der Waals surface area contributed by atoms with Crippen LogP contribution in [0.25, 0.3) is 0 Å². The number of alkyl halides is 1. The van der Waals surface area contributed by atoms with Gasteiger partial charge >= 0.3 is 0 Å². The summed E-state index contributed by atoms with van der Waals surface area (Å²) in [4.78, 5) is 0. The molecule has 2 aromatic rings. The van der Waals surface area contributed by atoms with Gasteiger partial charge in [-0.05, 0) is 37.1 Å². The van der Waals surface area contributed by atoms with Crippen LogP contribution in [0.1, 0.15) is 29.2 Å². The zero-order valence-corrected chi connectivity index (χ0v) is 12.8. The summed E-state index contributed by atoms with van der Waals surface area (Å²) < 4.78 is 10.8. The van der Waals surface area contributed by atoms with Crippen LogP contribution in [0.3, 0.4) is 0 Å². The third-order valence-corrected chi connectivity index (χ3v) is 3.81. The molecule has 0 spiro atoms. The minimum absolute atomic E-state index is 0.476. The van der Waals surface area contributed by atoms with Crippen LogP contribution in [0.4, 0.5) is 0 Å². The van der Waals surface area contributed by atoms with E-state index in [4.69, 9.17) is 44.0 Å². The highest BCUT2D eigenvalue weighted by Gasteiger charge is 2.21. The van der Waals surface area contributed by atoms with Gasteiger partial charge in [-0.3, -0.25) is 0 Å². The van der Waals surface area contributed by atoms with E-state index in [2.05, 4.69) is 0 Å². The third kappa shape index (κ3) is 3.02. The molecule has 2 nitrogen and oxygen atoms in total. The summed E-state index contributed by atoms with van der Waals surface area (Å²) in [5, 5.41) is 0.510. The summed E-state index contributed by atoms with van der Waals surface area (Å²) in [6.45, 7) is 4.34. The molecule has 1 aromatic carbocycles. The average molecular weight is 320 g/mol. The number of hydrogen-bond donors (Lipinski definition) is 0. The van der Waals surface area contributed by atoms with Gasteiger partial charge in [0.2, 0.25) is 0 Å². The number of furan rings is 1. The monoisotopic (exact) mass is 318 g/mol. The predicted octanol–water partition coefficient (Wildman–Crippen LogP) is 5.62. The number of benzene rings is 1. The molecule has 0 saturated heterocycles. The van der Waals surface area contributed by atoms with Crippen molar-refractivity contribution in [2.45, 2.75) is 19.2 Å². The van der Waals surface area contributed by atoms with Gasteiger partial charge in [0.25, 0.3) is 0 Å². The van der Waals surface area contributed by atoms with Crippen LogP contribution in [0, 0.1) is 6.92 Å². The number of hydrogen-bond acceptors (Lipinski definition) is 2. The highest BCUT2D eigenvalue weighted by molar-refractivity contribution is 6.36. The summed E-state index contributed by atoms with van der Waals surface area (Å²) >= 11 is 18.8. The molecular formula is C14H13Cl3O2. The van der Waals surface area contributed by atoms with Gasteiger partial charge in [0.1, 0.15) is 16.9 Å². The standard InChI is InChI=1S/C14H13Cl3O2/c1-3-18-12-7-10(15)9(6-11(12)16)13(17)14-8(2)4-5-19-14/h4-7,13H,3H2,1-2H3. The Morgan fingerprint density at radius 3 is 2.58 bits per heavy atom. The molecule has 0 aliphatic heterocycles. The van der Waals surface area contributed by atoms with Crippen LogP contribution in [0.5, 0.6) is 5.75 Å². The second-order valence-corrected chi connectivity index (χ2v) is 5.32. The number of aryl methyl sites for hydroxylation is 1. The maximum Gasteiger partial charge on any atom is 0.139 e. The lowest BCUT2D eigenvalue weighted by Gasteiger charge is -2.13. The van der Waals surface area contributed by atoms with E-state index < -0.39 is 5.38 Å². The largest absolute Gasteiger partial charge is 0.492 e. The van der Waals surface area contributed by atoms with Crippen LogP contribution in [0.2, 0.25) is 10.0 Å². The molecule has 1 heterocycles. The molecule has 0 saturated carbocycles. The van der Waals surface area contributed by atoms with Gasteiger partial charge < -0.3 is 9.15 Å². The molecule has 0 N–H and O–H groups in total. The van der Waals surface area contributed by atoms with Gasteiger partial charge in [-0.25, -0.2) is 0 Å². The lowest BCUT2D eigenvalue weighted by Crippen LogP contribution is -1.98. The molecule has 2 rings (SSSR count). The smallest absolute Gasteiger partial charge is 0.139 e. The Hall–Kier alpha value is -0.830. The van der Waals surface area contributed by atoms with Gasteiger partial charge in [-0.15, -0.1) is 11.6 Å². The third-order valence-electron chi connectivity index (χ3n) is 2.76. The van der Waals surface area contributed by atoms with Crippen molar-refractivity contribution in [2.75, 3.05) is 6.61 Å². The van der Waals surface area contributed by atoms with E-state index in [-0.39, 0.29) is 0 Å². The molecule has 1 atom stereocenters. The van der Waals surface area contributed by atoms with E-state index >= 15 is 0 Å². The van der Waals surface area contributed by atoms with Crippen molar-refractivity contribution in [3.63, 3.8) is 0 Å². The molecule has 19 heavy (non-hydrogen) atoms. The van der Waals surface area contributed by atoms with Crippen molar-refractivity contribution < 1.29 is 9.15 Å². The number of ether oxygens (including phenoxy) is 1. The van der Waals surface area contributed by atoms with Crippen LogP contribution in [-0.2, 0) is 0 Å². The summed E-state index contributed by atoms with van der Waals surface area (Å²) in [5.41, 5.74) is 1.68. The Bertz CT molecular complexity index is 578. The SMILES string of the molecule is CCOc1cc(Cl)c(C(Cl)c2occc2C)cc1Cl. The first-order valence-electron chi connectivity index (χ1n) is 5.84. The van der Waals surface area contributed by atoms with Crippen LogP contribution < -0.4 is 4.74 Å². The maximum absolute atomic E-state index is 6.41. The normalized spacial score (nSPS) is 12.5. The average Bonchev–Trinajstić information content (AvgIpc) is 2.79. The van der Waals surface area contributed by atoms with Crippen molar-refractivity contribution in [2.24, 2.45) is 0 Å². The quantitative estimate of drug-likeness (QED) is 0.682. The highest BCUT2D eigenvalue weighted by atomic mass is 35.5. The fourth-order valence-electron chi connectivity index (χ4n) is 1.79. The summed E-state index contributed by atoms with van der Waals surface area (Å²) in [5.74, 6) is 1.22. The van der Waals surface area contributed by atoms with Crippen molar-refractivity contribution in [1.29, 1.82) is 0 Å². The number of halogens is 3. The minimum Gasteiger partial charge on any atom is -0.492 e. The Kier molecular flexibility index (Phi) is 4.67. The van der Waals surface area contributed by atoms with Crippen molar-refractivity contribution in [3.05, 3.63) is 51.4 Å². The van der Waals surface area contributed by atoms with Gasteiger partial charge in [-0.2, -0.15) is 0 Å². The van der Waals surface area contributed by atoms with Gasteiger partial charge in [0.05, 0.1) is 17.9 Å². The Morgan fingerprint density at radius 1 is 1.26 bits per heavy atom. The van der Waals surface area contributed by atoms with E-state index in [0.29, 0.717) is 33.7 Å². The van der Waals surface area contributed by atoms with Gasteiger partial charge in [0, 0.05) is 11.1 Å². The lowest BCUT2D eigenvalue weighted by molar-refractivity contribution is 0.340. The summed E-state index contributed by atoms with van der Waals surface area (Å²) in [6, 6.07) is 5.25. The van der Waals surface area contributed by atoms with E-state index in [1.165, 1.54) is 0 Å². The molecule has 5 heteroatoms. The van der Waals surface area contributed by atoms with E-state index in [0.717, 1.165) is 5.56 Å². The topological polar surface area (TPSA) is 22.4 Å². The Morgan fingerprint density at radius 2 is 2.00 bits per heavy atom. The Labute approximate surface area is 127 Å². The molecule has 1 aromatic heterocycles. The van der Waals surface area contributed by atoms with E-state index in [9.17, 15) is 0 Å². The highest BCUT2D eigenvalue weighted by Crippen LogP contribution is 2.40. The zero-order valence-electron chi connectivity index (χ0n) is 10.5. The van der Waals surface area contributed by atoms with E-state index in [1.54, 1.807) is 18.4 Å². The summed E-state index contributed by atoms with van der Waals surface area (Å²) in [7, 11) is 0. The molecule has 0 bridgehead atoms. The maximum atomic E-state index is 6.41. The molecular weight excluding hydrogens is 307 g/mol. The van der Waals surface area contributed by atoms with E-state index in [1.807, 2.05) is 19.9 Å². The zero-order chi connectivity index (χ0) is 14.0. The molecule has 1 unspecified atom stereocenters. The fraction of sp³-hybridized carbons (Fsp3) is 0.286. The molecule has 0 aliphatic rings. The Balaban J connectivity index is 2.40. The minimum atomic E-state index is -0.476. The molecule has 0 amide bonds. The van der Waals surface area contributed by atoms with Crippen LogP contribution in [0.15, 0.2) is 28.9 Å². The second kappa shape index (κ2) is 6.08. The first kappa shape index (κ1) is 14.6. The summed E-state index contributed by atoms with van der Waals surface area (Å²) in [6.07, 6.45) is 1.60. The van der Waals surface area contributed by atoms with Gasteiger partial charge in [0.15, 0.2) is 0 Å². The van der Waals surface area contributed by atoms with Crippen molar-refractivity contribution in [1.82, 2.24) is 0 Å². The van der Waals surface area contributed by atoms with Crippen LogP contribution in [-0.4, -0.2) is 6.61 Å².